The average molecular weight is 275 g/mol. The summed E-state index contributed by atoms with van der Waals surface area (Å²) in [4.78, 5) is 16.5. The largest absolute Gasteiger partial charge is 0.406 e. The zero-order valence-corrected chi connectivity index (χ0v) is 10.7. The van der Waals surface area contributed by atoms with E-state index in [4.69, 9.17) is 5.73 Å². The van der Waals surface area contributed by atoms with E-state index in [1.807, 2.05) is 0 Å². The van der Waals surface area contributed by atoms with Gasteiger partial charge in [0.2, 0.25) is 0 Å². The van der Waals surface area contributed by atoms with Crippen molar-refractivity contribution in [3.63, 3.8) is 0 Å². The third-order valence-corrected chi connectivity index (χ3v) is 2.28. The molecular formula is C12H16F3N3O. The summed E-state index contributed by atoms with van der Waals surface area (Å²) in [5.41, 5.74) is 5.49. The minimum Gasteiger partial charge on any atom is -0.397 e. The van der Waals surface area contributed by atoms with Gasteiger partial charge in [-0.3, -0.25) is 4.79 Å². The molecule has 0 aromatic carbocycles. The molecule has 0 radical (unpaired) electrons. The van der Waals surface area contributed by atoms with E-state index in [1.54, 1.807) is 13.8 Å². The summed E-state index contributed by atoms with van der Waals surface area (Å²) < 4.78 is 37.5. The van der Waals surface area contributed by atoms with Gasteiger partial charge in [-0.25, -0.2) is 4.98 Å². The number of carbonyl (C=O) groups is 1. The summed E-state index contributed by atoms with van der Waals surface area (Å²) >= 11 is 0. The molecule has 0 aliphatic heterocycles. The fraction of sp³-hybridized carbons (Fsp3) is 0.500. The van der Waals surface area contributed by atoms with Crippen LogP contribution in [0.5, 0.6) is 0 Å². The molecule has 1 aromatic heterocycles. The predicted molar refractivity (Wildman–Crippen MR) is 65.4 cm³/mol. The topological polar surface area (TPSA) is 59.2 Å². The standard InChI is InChI=1S/C12H16F3N3O/c1-8(2)6-18(7-12(13,14)15)11(19)10-9(16)4-3-5-17-10/h3-5,8H,6-7,16H2,1-2H3. The van der Waals surface area contributed by atoms with Gasteiger partial charge < -0.3 is 10.6 Å². The summed E-state index contributed by atoms with van der Waals surface area (Å²) in [6.07, 6.45) is -3.13. The molecule has 1 amide bonds. The average Bonchev–Trinajstić information content (AvgIpc) is 2.25. The number of alkyl halides is 3. The fourth-order valence-electron chi connectivity index (χ4n) is 1.62. The highest BCUT2D eigenvalue weighted by atomic mass is 19.4. The Labute approximate surface area is 109 Å². The van der Waals surface area contributed by atoms with Gasteiger partial charge in [0.05, 0.1) is 5.69 Å². The third-order valence-electron chi connectivity index (χ3n) is 2.28. The highest BCUT2D eigenvalue weighted by Crippen LogP contribution is 2.20. The van der Waals surface area contributed by atoms with Gasteiger partial charge in [-0.15, -0.1) is 0 Å². The summed E-state index contributed by atoms with van der Waals surface area (Å²) in [6, 6.07) is 2.95. The van der Waals surface area contributed by atoms with Crippen molar-refractivity contribution in [1.29, 1.82) is 0 Å². The minimum absolute atomic E-state index is 0.00560. The van der Waals surface area contributed by atoms with Crippen LogP contribution in [0.1, 0.15) is 24.3 Å². The smallest absolute Gasteiger partial charge is 0.397 e. The quantitative estimate of drug-likeness (QED) is 0.917. The maximum Gasteiger partial charge on any atom is 0.406 e. The second-order valence-corrected chi connectivity index (χ2v) is 4.64. The molecule has 1 rings (SSSR count). The molecule has 0 saturated carbocycles. The first-order valence-electron chi connectivity index (χ1n) is 5.77. The van der Waals surface area contributed by atoms with Crippen molar-refractivity contribution in [2.75, 3.05) is 18.8 Å². The van der Waals surface area contributed by atoms with E-state index in [0.29, 0.717) is 0 Å². The summed E-state index contributed by atoms with van der Waals surface area (Å²) in [7, 11) is 0. The van der Waals surface area contributed by atoms with Crippen LogP contribution in [0, 0.1) is 5.92 Å². The molecule has 4 nitrogen and oxygen atoms in total. The number of pyridine rings is 1. The first-order valence-corrected chi connectivity index (χ1v) is 5.77. The molecule has 1 heterocycles. The monoisotopic (exact) mass is 275 g/mol. The van der Waals surface area contributed by atoms with Crippen molar-refractivity contribution in [1.82, 2.24) is 9.88 Å². The predicted octanol–water partition coefficient (Wildman–Crippen LogP) is 2.32. The molecule has 7 heteroatoms. The number of hydrogen-bond acceptors (Lipinski definition) is 3. The number of carbonyl (C=O) groups excluding carboxylic acids is 1. The van der Waals surface area contributed by atoms with Crippen LogP contribution >= 0.6 is 0 Å². The SMILES string of the molecule is CC(C)CN(CC(F)(F)F)C(=O)c1ncccc1N. The Bertz CT molecular complexity index is 446. The lowest BCUT2D eigenvalue weighted by molar-refractivity contribution is -0.141. The second-order valence-electron chi connectivity index (χ2n) is 4.64. The van der Waals surface area contributed by atoms with E-state index in [0.717, 1.165) is 4.90 Å². The number of anilines is 1. The molecule has 0 bridgehead atoms. The van der Waals surface area contributed by atoms with Crippen molar-refractivity contribution in [3.8, 4) is 0 Å². The molecule has 1 aromatic rings. The van der Waals surface area contributed by atoms with E-state index >= 15 is 0 Å². The van der Waals surface area contributed by atoms with Crippen molar-refractivity contribution in [2.24, 2.45) is 5.92 Å². The molecular weight excluding hydrogens is 259 g/mol. The minimum atomic E-state index is -4.45. The number of amides is 1. The summed E-state index contributed by atoms with van der Waals surface area (Å²) in [5, 5.41) is 0. The Morgan fingerprint density at radius 1 is 1.47 bits per heavy atom. The van der Waals surface area contributed by atoms with E-state index in [1.165, 1.54) is 18.3 Å². The highest BCUT2D eigenvalue weighted by molar-refractivity contribution is 5.97. The first-order chi connectivity index (χ1) is 8.70. The molecule has 19 heavy (non-hydrogen) atoms. The number of nitrogens with two attached hydrogens (primary N) is 1. The van der Waals surface area contributed by atoms with Gasteiger partial charge in [0.25, 0.3) is 5.91 Å². The van der Waals surface area contributed by atoms with Crippen LogP contribution in [0.4, 0.5) is 18.9 Å². The molecule has 0 aliphatic carbocycles. The maximum atomic E-state index is 12.5. The van der Waals surface area contributed by atoms with Crippen LogP contribution in [-0.2, 0) is 0 Å². The Morgan fingerprint density at radius 3 is 2.58 bits per heavy atom. The van der Waals surface area contributed by atoms with E-state index in [2.05, 4.69) is 4.98 Å². The zero-order valence-electron chi connectivity index (χ0n) is 10.7. The molecule has 0 saturated heterocycles. The van der Waals surface area contributed by atoms with E-state index in [-0.39, 0.29) is 23.8 Å². The third kappa shape index (κ3) is 4.76. The van der Waals surface area contributed by atoms with E-state index < -0.39 is 18.6 Å². The molecule has 0 spiro atoms. The first kappa shape index (κ1) is 15.3. The lowest BCUT2D eigenvalue weighted by atomic mass is 10.2. The number of nitrogen functional groups attached to an aromatic ring is 1. The summed E-state index contributed by atoms with van der Waals surface area (Å²) in [5.74, 6) is -0.889. The van der Waals surface area contributed by atoms with Gasteiger partial charge in [-0.05, 0) is 18.1 Å². The van der Waals surface area contributed by atoms with Gasteiger partial charge in [0.15, 0.2) is 5.69 Å². The normalized spacial score (nSPS) is 11.7. The number of halogens is 3. The van der Waals surface area contributed by atoms with Crippen LogP contribution in [0.2, 0.25) is 0 Å². The second kappa shape index (κ2) is 5.90. The fourth-order valence-corrected chi connectivity index (χ4v) is 1.62. The molecule has 0 unspecified atom stereocenters. The molecule has 2 N–H and O–H groups in total. The number of rotatable bonds is 4. The van der Waals surface area contributed by atoms with Crippen LogP contribution in [0.3, 0.4) is 0 Å². The summed E-state index contributed by atoms with van der Waals surface area (Å²) in [6.45, 7) is 2.16. The van der Waals surface area contributed by atoms with Crippen molar-refractivity contribution in [3.05, 3.63) is 24.0 Å². The Morgan fingerprint density at radius 2 is 2.11 bits per heavy atom. The van der Waals surface area contributed by atoms with Crippen LogP contribution < -0.4 is 5.73 Å². The molecule has 106 valence electrons. The number of nitrogens with zero attached hydrogens (tertiary/aromatic N) is 2. The number of hydrogen-bond donors (Lipinski definition) is 1. The Hall–Kier alpha value is -1.79. The molecule has 0 aliphatic rings. The molecule has 0 atom stereocenters. The molecule has 0 fully saturated rings. The van der Waals surface area contributed by atoms with Crippen molar-refractivity contribution in [2.45, 2.75) is 20.0 Å². The van der Waals surface area contributed by atoms with Gasteiger partial charge >= 0.3 is 6.18 Å². The lowest BCUT2D eigenvalue weighted by Crippen LogP contribution is -2.41. The Kier molecular flexibility index (Phi) is 4.74. The van der Waals surface area contributed by atoms with Crippen LogP contribution in [0.15, 0.2) is 18.3 Å². The van der Waals surface area contributed by atoms with Gasteiger partial charge in [-0.1, -0.05) is 13.8 Å². The van der Waals surface area contributed by atoms with Crippen molar-refractivity contribution >= 4 is 11.6 Å². The number of aromatic nitrogens is 1. The van der Waals surface area contributed by atoms with Crippen LogP contribution in [-0.4, -0.2) is 35.1 Å². The van der Waals surface area contributed by atoms with Crippen LogP contribution in [0.25, 0.3) is 0 Å². The van der Waals surface area contributed by atoms with Gasteiger partial charge in [0, 0.05) is 12.7 Å². The van der Waals surface area contributed by atoms with E-state index in [9.17, 15) is 18.0 Å². The highest BCUT2D eigenvalue weighted by Gasteiger charge is 2.34. The van der Waals surface area contributed by atoms with Gasteiger partial charge in [-0.2, -0.15) is 13.2 Å². The van der Waals surface area contributed by atoms with Crippen molar-refractivity contribution < 1.29 is 18.0 Å². The lowest BCUT2D eigenvalue weighted by Gasteiger charge is -2.25. The van der Waals surface area contributed by atoms with Gasteiger partial charge in [0.1, 0.15) is 6.54 Å². The Balaban J connectivity index is 2.97. The zero-order chi connectivity index (χ0) is 14.6. The maximum absolute atomic E-state index is 12.5.